The molecule has 0 spiro atoms. The van der Waals surface area contributed by atoms with Crippen LogP contribution in [0, 0.1) is 14.6 Å². The summed E-state index contributed by atoms with van der Waals surface area (Å²) in [5.74, 6) is 0. The van der Waals surface area contributed by atoms with Crippen LogP contribution in [-0.2, 0) is 18.6 Å². The predicted octanol–water partition coefficient (Wildman–Crippen LogP) is 1.20. The van der Waals surface area contributed by atoms with E-state index >= 15 is 0 Å². The quantitative estimate of drug-likeness (QED) is 0.400. The fourth-order valence-electron chi connectivity index (χ4n) is 0. The maximum absolute atomic E-state index is 9.25. The second-order valence-corrected chi connectivity index (χ2v) is 0. The average molecular weight is 99.0 g/mol. The maximum atomic E-state index is 9.25. The standard InChI is InChI=1S/CH2F.CH3.V/c1-2;;/h1H2;1H3;/q2*-1;+2. The van der Waals surface area contributed by atoms with E-state index in [2.05, 4.69) is 0 Å². The van der Waals surface area contributed by atoms with Crippen molar-refractivity contribution in [3.63, 3.8) is 0 Å². The topological polar surface area (TPSA) is 0 Å². The molecule has 4 heavy (non-hydrogen) atoms. The Labute approximate surface area is 38.3 Å². The summed E-state index contributed by atoms with van der Waals surface area (Å²) in [6.45, 7) is 0. The summed E-state index contributed by atoms with van der Waals surface area (Å²) in [5.41, 5.74) is 0. The molecule has 0 saturated carbocycles. The first-order chi connectivity index (χ1) is 1.00. The van der Waals surface area contributed by atoms with E-state index in [-0.39, 0.29) is 26.0 Å². The van der Waals surface area contributed by atoms with Gasteiger partial charge in [0.1, 0.15) is 0 Å². The van der Waals surface area contributed by atoms with Gasteiger partial charge in [0.05, 0.1) is 0 Å². The van der Waals surface area contributed by atoms with Gasteiger partial charge in [0, 0.05) is 0 Å². The molecule has 0 aliphatic rings. The molecule has 25 valence electrons. The molecule has 0 aromatic heterocycles. The van der Waals surface area contributed by atoms with Crippen LogP contribution >= 0.6 is 0 Å². The van der Waals surface area contributed by atoms with E-state index in [4.69, 9.17) is 0 Å². The van der Waals surface area contributed by atoms with E-state index in [1.807, 2.05) is 0 Å². The van der Waals surface area contributed by atoms with Crippen molar-refractivity contribution in [2.24, 2.45) is 0 Å². The second-order valence-electron chi connectivity index (χ2n) is 0. The molecule has 0 bridgehead atoms. The molecule has 0 amide bonds. The van der Waals surface area contributed by atoms with E-state index in [0.29, 0.717) is 0 Å². The number of rotatable bonds is 0. The van der Waals surface area contributed by atoms with Crippen molar-refractivity contribution in [2.75, 3.05) is 0 Å². The monoisotopic (exact) mass is 99.0 g/mol. The van der Waals surface area contributed by atoms with Crippen LogP contribution in [0.4, 0.5) is 4.39 Å². The Morgan fingerprint density at radius 2 is 1.25 bits per heavy atom. The minimum absolute atomic E-state index is 0. The molecule has 0 aliphatic heterocycles. The fourth-order valence-corrected chi connectivity index (χ4v) is 0. The van der Waals surface area contributed by atoms with Gasteiger partial charge in [-0.15, -0.1) is 0 Å². The van der Waals surface area contributed by atoms with Gasteiger partial charge in [-0.05, 0) is 0 Å². The van der Waals surface area contributed by atoms with Crippen LogP contribution in [0.3, 0.4) is 0 Å². The summed E-state index contributed by atoms with van der Waals surface area (Å²) < 4.78 is 9.25. The van der Waals surface area contributed by atoms with Crippen molar-refractivity contribution >= 4 is 0 Å². The molecule has 0 aromatic carbocycles. The molecule has 0 rings (SSSR count). The minimum Gasteiger partial charge on any atom is -0.463 e. The molecule has 0 atom stereocenters. The summed E-state index contributed by atoms with van der Waals surface area (Å²) in [6, 6.07) is 0. The number of hydrogen-bond acceptors (Lipinski definition) is 0. The van der Waals surface area contributed by atoms with Gasteiger partial charge < -0.3 is 11.8 Å². The third kappa shape index (κ3) is 21.8. The zero-order valence-corrected chi connectivity index (χ0v) is 3.93. The van der Waals surface area contributed by atoms with Gasteiger partial charge in [-0.25, -0.2) is 0 Å². The Morgan fingerprint density at radius 1 is 1.25 bits per heavy atom. The largest absolute Gasteiger partial charge is 2.00 e. The van der Waals surface area contributed by atoms with Gasteiger partial charge in [0.2, 0.25) is 0 Å². The third-order valence-electron chi connectivity index (χ3n) is 0. The molecule has 0 unspecified atom stereocenters. The van der Waals surface area contributed by atoms with Gasteiger partial charge in [-0.3, -0.25) is 0 Å². The zero-order chi connectivity index (χ0) is 2.00. The molecule has 0 aromatic rings. The van der Waals surface area contributed by atoms with Gasteiger partial charge in [-0.2, -0.15) is 7.18 Å². The van der Waals surface area contributed by atoms with Gasteiger partial charge >= 0.3 is 18.6 Å². The zero-order valence-electron chi connectivity index (χ0n) is 2.53. The first-order valence-corrected chi connectivity index (χ1v) is 0.267. The van der Waals surface area contributed by atoms with Crippen molar-refractivity contribution < 1.29 is 22.9 Å². The van der Waals surface area contributed by atoms with Crippen LogP contribution in [0.25, 0.3) is 0 Å². The van der Waals surface area contributed by atoms with E-state index in [1.165, 1.54) is 0 Å². The van der Waals surface area contributed by atoms with E-state index < -0.39 is 0 Å². The van der Waals surface area contributed by atoms with Crippen LogP contribution in [0.1, 0.15) is 0 Å². The molecule has 0 fully saturated rings. The van der Waals surface area contributed by atoms with E-state index in [1.54, 1.807) is 7.18 Å². The molecule has 1 radical (unpaired) electrons. The van der Waals surface area contributed by atoms with Gasteiger partial charge in [0.15, 0.2) is 0 Å². The first kappa shape index (κ1) is 24.3. The number of hydrogen-bond donors (Lipinski definition) is 0. The molecule has 0 saturated heterocycles. The smallest absolute Gasteiger partial charge is 0.463 e. The Morgan fingerprint density at radius 3 is 1.25 bits per heavy atom. The van der Waals surface area contributed by atoms with Gasteiger partial charge in [-0.1, -0.05) is 0 Å². The normalized spacial score (nSPS) is 1.50. The van der Waals surface area contributed by atoms with Crippen LogP contribution in [0.15, 0.2) is 0 Å². The SMILES string of the molecule is [CH2-]F.[CH3-].[V+2]. The Bertz CT molecular complexity index is 6.00. The van der Waals surface area contributed by atoms with Crippen LogP contribution in [-0.4, -0.2) is 0 Å². The van der Waals surface area contributed by atoms with Crippen molar-refractivity contribution in [1.82, 2.24) is 0 Å². The minimum atomic E-state index is 0. The Balaban J connectivity index is -0.00000000500. The molecule has 2 heteroatoms. The predicted molar refractivity (Wildman–Crippen MR) is 12.9 cm³/mol. The summed E-state index contributed by atoms with van der Waals surface area (Å²) in [4.78, 5) is 0. The number of halogens is 1. The fraction of sp³-hybridized carbons (Fsp3) is 0. The molecule has 0 nitrogen and oxygen atoms in total. The average Bonchev–Trinajstić information content (AvgIpc) is 1.00. The Hall–Kier alpha value is 0.514. The van der Waals surface area contributed by atoms with E-state index in [9.17, 15) is 4.39 Å². The molecule has 0 aliphatic carbocycles. The molecular weight excluding hydrogens is 94.0 g/mol. The van der Waals surface area contributed by atoms with Crippen molar-refractivity contribution in [2.45, 2.75) is 0 Å². The second kappa shape index (κ2) is 84.0. The summed E-state index contributed by atoms with van der Waals surface area (Å²) in [7, 11) is 1.75. The summed E-state index contributed by atoms with van der Waals surface area (Å²) >= 11 is 0. The van der Waals surface area contributed by atoms with Gasteiger partial charge in [0.25, 0.3) is 0 Å². The Kier molecular flexibility index (Phi) is 510. The summed E-state index contributed by atoms with van der Waals surface area (Å²) in [6.07, 6.45) is 0. The van der Waals surface area contributed by atoms with Crippen LogP contribution < -0.4 is 0 Å². The van der Waals surface area contributed by atoms with Crippen molar-refractivity contribution in [1.29, 1.82) is 0 Å². The molecule has 0 N–H and O–H groups in total. The summed E-state index contributed by atoms with van der Waals surface area (Å²) in [5, 5.41) is 0. The van der Waals surface area contributed by atoms with E-state index in [0.717, 1.165) is 0 Å². The maximum Gasteiger partial charge on any atom is 2.00 e. The van der Waals surface area contributed by atoms with Crippen LogP contribution in [0.2, 0.25) is 0 Å². The van der Waals surface area contributed by atoms with Crippen molar-refractivity contribution in [3.05, 3.63) is 14.6 Å². The third-order valence-corrected chi connectivity index (χ3v) is 0. The first-order valence-electron chi connectivity index (χ1n) is 0.267. The molecular formula is C2H5FV. The molecule has 0 heterocycles. The van der Waals surface area contributed by atoms with Crippen molar-refractivity contribution in [3.8, 4) is 0 Å². The van der Waals surface area contributed by atoms with Crippen LogP contribution in [0.5, 0.6) is 0 Å².